The maximum Gasteiger partial charge on any atom is 0.318 e. The Bertz CT molecular complexity index is 1790. The number of ketones is 1. The third-order valence-electron chi connectivity index (χ3n) is 10.2. The maximum atomic E-state index is 13.1. The summed E-state index contributed by atoms with van der Waals surface area (Å²) >= 11 is 0. The standard InChI is InChI=1S/C38H43N7O3/c1-39-21-30-22-45(19-18-43(30)25-36(46)28-11-5-4-6-12-28)37-33-16-17-44(35-15-9-13-27-10-7-8-14-32(27)35)24-34(33)40-38(41-37)48-26-29-20-31(47-3)23-42(29)2/h4-15,29-31H,16-26H2,2-3H3/t29-,30-,31+/m0/s1. The number of methoxy groups -OCH3 is 1. The maximum absolute atomic E-state index is 13.1. The second kappa shape index (κ2) is 14.3. The molecule has 0 N–H and O–H groups in total. The lowest BCUT2D eigenvalue weighted by molar-refractivity contribution is 0.0885. The van der Waals surface area contributed by atoms with Crippen LogP contribution in [0.25, 0.3) is 15.6 Å². The number of nitrogens with zero attached hydrogens (tertiary/aromatic N) is 7. The van der Waals surface area contributed by atoms with E-state index in [1.165, 1.54) is 16.5 Å². The molecule has 4 aromatic rings. The Morgan fingerprint density at radius 2 is 1.75 bits per heavy atom. The van der Waals surface area contributed by atoms with Crippen LogP contribution in [0.1, 0.15) is 28.0 Å². The third kappa shape index (κ3) is 6.72. The topological polar surface area (TPSA) is 78.6 Å². The number of fused-ring (bicyclic) bond motifs is 2. The second-order valence-electron chi connectivity index (χ2n) is 13.1. The Hall–Kier alpha value is -4.56. The SMILES string of the molecule is [C-]#[N+]C[C@H]1CN(c2nc(OC[C@@H]3C[C@@H](OC)CN3C)nc3c2CCN(c2cccc4ccccc24)C3)CCN1CC(=O)c1ccccc1. The minimum Gasteiger partial charge on any atom is -0.462 e. The summed E-state index contributed by atoms with van der Waals surface area (Å²) in [5.41, 5.74) is 4.03. The number of carbonyl (C=O) groups excluding carboxylic acids is 1. The molecular formula is C38H43N7O3. The quantitative estimate of drug-likeness (QED) is 0.182. The van der Waals surface area contributed by atoms with Crippen molar-refractivity contribution in [1.82, 2.24) is 19.8 Å². The van der Waals surface area contributed by atoms with Crippen LogP contribution >= 0.6 is 0 Å². The number of rotatable bonds is 10. The monoisotopic (exact) mass is 645 g/mol. The molecular weight excluding hydrogens is 602 g/mol. The van der Waals surface area contributed by atoms with Gasteiger partial charge in [-0.3, -0.25) is 14.6 Å². The number of benzene rings is 3. The molecule has 0 radical (unpaired) electrons. The van der Waals surface area contributed by atoms with Crippen LogP contribution in [0.15, 0.2) is 72.8 Å². The normalized spacial score (nSPS) is 21.6. The second-order valence-corrected chi connectivity index (χ2v) is 13.1. The van der Waals surface area contributed by atoms with Gasteiger partial charge in [-0.05, 0) is 31.3 Å². The molecule has 0 amide bonds. The van der Waals surface area contributed by atoms with E-state index in [-0.39, 0.29) is 24.0 Å². The molecule has 3 aliphatic rings. The van der Waals surface area contributed by atoms with Gasteiger partial charge in [-0.1, -0.05) is 66.7 Å². The largest absolute Gasteiger partial charge is 0.462 e. The van der Waals surface area contributed by atoms with Gasteiger partial charge in [-0.25, -0.2) is 6.57 Å². The summed E-state index contributed by atoms with van der Waals surface area (Å²) in [5, 5.41) is 2.45. The van der Waals surface area contributed by atoms with E-state index >= 15 is 0 Å². The molecule has 48 heavy (non-hydrogen) atoms. The Morgan fingerprint density at radius 3 is 2.56 bits per heavy atom. The summed E-state index contributed by atoms with van der Waals surface area (Å²) in [6, 6.07) is 24.9. The summed E-state index contributed by atoms with van der Waals surface area (Å²) in [4.78, 5) is 36.2. The first-order valence-corrected chi connectivity index (χ1v) is 16.9. The van der Waals surface area contributed by atoms with Gasteiger partial charge in [0.25, 0.3) is 0 Å². The fraction of sp³-hybridized carbons (Fsp3) is 0.421. The zero-order valence-electron chi connectivity index (χ0n) is 27.8. The Labute approximate surface area is 282 Å². The lowest BCUT2D eigenvalue weighted by Crippen LogP contribution is -2.56. The first-order valence-electron chi connectivity index (χ1n) is 16.9. The molecule has 0 aliphatic carbocycles. The summed E-state index contributed by atoms with van der Waals surface area (Å²) < 4.78 is 12.0. The lowest BCUT2D eigenvalue weighted by atomic mass is 10.0. The highest BCUT2D eigenvalue weighted by Gasteiger charge is 2.35. The number of hydrogen-bond acceptors (Lipinski definition) is 9. The fourth-order valence-corrected chi connectivity index (χ4v) is 7.44. The van der Waals surface area contributed by atoms with Crippen LogP contribution in [0.5, 0.6) is 6.01 Å². The number of ether oxygens (including phenoxy) is 2. The first kappa shape index (κ1) is 32.0. The van der Waals surface area contributed by atoms with Crippen molar-refractivity contribution in [1.29, 1.82) is 0 Å². The van der Waals surface area contributed by atoms with Crippen molar-refractivity contribution in [3.05, 3.63) is 101 Å². The van der Waals surface area contributed by atoms with Crippen LogP contribution in [0.4, 0.5) is 11.5 Å². The average molecular weight is 646 g/mol. The van der Waals surface area contributed by atoms with E-state index in [2.05, 4.69) is 74.0 Å². The molecule has 0 unspecified atom stereocenters. The van der Waals surface area contributed by atoms with Crippen molar-refractivity contribution in [3.8, 4) is 6.01 Å². The zero-order valence-corrected chi connectivity index (χ0v) is 27.8. The van der Waals surface area contributed by atoms with Crippen molar-refractivity contribution < 1.29 is 14.3 Å². The number of likely N-dealkylation sites (N-methyl/N-ethyl adjacent to an activating group) is 1. The van der Waals surface area contributed by atoms with E-state index in [9.17, 15) is 4.79 Å². The Balaban J connectivity index is 1.16. The highest BCUT2D eigenvalue weighted by Crippen LogP contribution is 2.35. The van der Waals surface area contributed by atoms with Crippen LogP contribution in [-0.2, 0) is 17.7 Å². The van der Waals surface area contributed by atoms with Crippen LogP contribution < -0.4 is 14.5 Å². The van der Waals surface area contributed by atoms with Gasteiger partial charge in [-0.15, -0.1) is 0 Å². The lowest BCUT2D eigenvalue weighted by Gasteiger charge is -2.41. The molecule has 10 nitrogen and oxygen atoms in total. The molecule has 248 valence electrons. The average Bonchev–Trinajstić information content (AvgIpc) is 3.50. The zero-order chi connectivity index (χ0) is 33.0. The number of aromatic nitrogens is 2. The van der Waals surface area contributed by atoms with Crippen LogP contribution in [-0.4, -0.2) is 110 Å². The van der Waals surface area contributed by atoms with Crippen molar-refractivity contribution in [2.75, 3.05) is 76.4 Å². The van der Waals surface area contributed by atoms with Crippen molar-refractivity contribution in [2.24, 2.45) is 0 Å². The number of carbonyl (C=O) groups is 1. The molecule has 3 aliphatic heterocycles. The van der Waals surface area contributed by atoms with Crippen molar-refractivity contribution >= 4 is 28.1 Å². The molecule has 2 saturated heterocycles. The van der Waals surface area contributed by atoms with Gasteiger partial charge < -0.3 is 24.1 Å². The van der Waals surface area contributed by atoms with Crippen molar-refractivity contribution in [3.63, 3.8) is 0 Å². The highest BCUT2D eigenvalue weighted by molar-refractivity contribution is 5.97. The Morgan fingerprint density at radius 1 is 0.938 bits per heavy atom. The van der Waals surface area contributed by atoms with Crippen LogP contribution in [0.2, 0.25) is 0 Å². The summed E-state index contributed by atoms with van der Waals surface area (Å²) in [5.74, 6) is 0.974. The van der Waals surface area contributed by atoms with Gasteiger partial charge in [0.2, 0.25) is 6.54 Å². The van der Waals surface area contributed by atoms with E-state index in [0.29, 0.717) is 57.4 Å². The fourth-order valence-electron chi connectivity index (χ4n) is 7.44. The van der Waals surface area contributed by atoms with E-state index in [0.717, 1.165) is 43.0 Å². The van der Waals surface area contributed by atoms with Gasteiger partial charge in [-0.2, -0.15) is 9.97 Å². The molecule has 1 aromatic heterocycles. The minimum absolute atomic E-state index is 0.0789. The molecule has 0 spiro atoms. The van der Waals surface area contributed by atoms with Crippen LogP contribution in [0, 0.1) is 6.57 Å². The minimum atomic E-state index is -0.0900. The van der Waals surface area contributed by atoms with E-state index in [4.69, 9.17) is 26.0 Å². The number of likely N-dealkylation sites (tertiary alicyclic amines) is 1. The van der Waals surface area contributed by atoms with Crippen molar-refractivity contribution in [2.45, 2.75) is 37.6 Å². The molecule has 2 fully saturated rings. The predicted octanol–water partition coefficient (Wildman–Crippen LogP) is 4.58. The van der Waals surface area contributed by atoms with Gasteiger partial charge in [0, 0.05) is 68.1 Å². The summed E-state index contributed by atoms with van der Waals surface area (Å²) in [7, 11) is 3.87. The molecule has 0 saturated carbocycles. The summed E-state index contributed by atoms with van der Waals surface area (Å²) in [6.45, 7) is 13.2. The first-order chi connectivity index (χ1) is 23.5. The van der Waals surface area contributed by atoms with Gasteiger partial charge in [0.05, 0.1) is 24.9 Å². The van der Waals surface area contributed by atoms with Crippen LogP contribution in [0.3, 0.4) is 0 Å². The molecule has 10 heteroatoms. The third-order valence-corrected chi connectivity index (χ3v) is 10.2. The molecule has 4 heterocycles. The Kier molecular flexibility index (Phi) is 9.52. The van der Waals surface area contributed by atoms with E-state index in [1.807, 2.05) is 30.3 Å². The van der Waals surface area contributed by atoms with E-state index in [1.54, 1.807) is 7.11 Å². The summed E-state index contributed by atoms with van der Waals surface area (Å²) in [6.07, 6.45) is 1.90. The van der Waals surface area contributed by atoms with Gasteiger partial charge >= 0.3 is 6.01 Å². The predicted molar refractivity (Wildman–Crippen MR) is 188 cm³/mol. The smallest absolute Gasteiger partial charge is 0.318 e. The molecule has 0 bridgehead atoms. The van der Waals surface area contributed by atoms with Gasteiger partial charge in [0.1, 0.15) is 18.5 Å². The molecule has 3 atom stereocenters. The number of piperazine rings is 1. The van der Waals surface area contributed by atoms with E-state index < -0.39 is 0 Å². The molecule has 3 aromatic carbocycles. The van der Waals surface area contributed by atoms with Gasteiger partial charge in [0.15, 0.2) is 5.78 Å². The number of anilines is 2. The highest BCUT2D eigenvalue weighted by atomic mass is 16.5. The molecule has 7 rings (SSSR count). The number of Topliss-reactive ketones (excluding diaryl/α,β-unsaturated/α-hetero) is 1. The number of hydrogen-bond donors (Lipinski definition) is 0.